The number of aromatic hydroxyl groups is 1. The zero-order valence-corrected chi connectivity index (χ0v) is 18.2. The molecule has 0 aromatic heterocycles. The summed E-state index contributed by atoms with van der Waals surface area (Å²) in [7, 11) is 0. The van der Waals surface area contributed by atoms with Gasteiger partial charge in [-0.2, -0.15) is 13.2 Å². The van der Waals surface area contributed by atoms with Crippen LogP contribution in [0.2, 0.25) is 0 Å². The highest BCUT2D eigenvalue weighted by atomic mass is 19.4. The van der Waals surface area contributed by atoms with Crippen molar-refractivity contribution >= 4 is 11.9 Å². The van der Waals surface area contributed by atoms with Gasteiger partial charge >= 0.3 is 6.18 Å². The van der Waals surface area contributed by atoms with Crippen molar-refractivity contribution < 1.29 is 27.5 Å². The quantitative estimate of drug-likeness (QED) is 0.184. The molecule has 0 fully saturated rings. The van der Waals surface area contributed by atoms with E-state index in [1.807, 2.05) is 13.8 Å². The molecule has 7 nitrogen and oxygen atoms in total. The van der Waals surface area contributed by atoms with Crippen LogP contribution in [0.1, 0.15) is 47.8 Å². The Hall–Kier alpha value is -3.18. The lowest BCUT2D eigenvalue weighted by Gasteiger charge is -2.21. The Morgan fingerprint density at radius 3 is 2.30 bits per heavy atom. The Balaban J connectivity index is 2.08. The predicted octanol–water partition coefficient (Wildman–Crippen LogP) is 3.26. The van der Waals surface area contributed by atoms with Gasteiger partial charge in [-0.3, -0.25) is 15.1 Å². The highest BCUT2D eigenvalue weighted by Crippen LogP contribution is 2.29. The highest BCUT2D eigenvalue weighted by molar-refractivity contribution is 6.05. The molecule has 180 valence electrons. The first kappa shape index (κ1) is 26.1. The lowest BCUT2D eigenvalue weighted by atomic mass is 10.0. The average molecular weight is 469 g/mol. The van der Waals surface area contributed by atoms with Crippen LogP contribution in [-0.4, -0.2) is 29.7 Å². The van der Waals surface area contributed by atoms with Gasteiger partial charge in [0.2, 0.25) is 0 Å². The number of rotatable bonds is 7. The van der Waals surface area contributed by atoms with Crippen molar-refractivity contribution in [3.05, 3.63) is 65.0 Å². The number of hydrogen-bond acceptors (Lipinski definition) is 5. The summed E-state index contributed by atoms with van der Waals surface area (Å²) in [6.45, 7) is 4.17. The lowest BCUT2D eigenvalue weighted by Crippen LogP contribution is -2.50. The Kier molecular flexibility index (Phi) is 8.77. The molecule has 2 rings (SSSR count). The van der Waals surface area contributed by atoms with Crippen LogP contribution < -0.4 is 22.1 Å². The van der Waals surface area contributed by atoms with Gasteiger partial charge in [0.25, 0.3) is 5.91 Å². The molecule has 0 saturated carbocycles. The molecule has 2 aromatic carbocycles. The number of benzene rings is 2. The van der Waals surface area contributed by atoms with E-state index in [0.29, 0.717) is 12.1 Å². The molecule has 33 heavy (non-hydrogen) atoms. The fourth-order valence-corrected chi connectivity index (χ4v) is 2.78. The van der Waals surface area contributed by atoms with E-state index in [4.69, 9.17) is 11.5 Å². The first-order valence-electron chi connectivity index (χ1n) is 10.2. The molecule has 0 heterocycles. The van der Waals surface area contributed by atoms with Crippen LogP contribution in [0, 0.1) is 11.7 Å². The van der Waals surface area contributed by atoms with Crippen LogP contribution in [0.4, 0.5) is 17.6 Å². The van der Waals surface area contributed by atoms with Gasteiger partial charge in [0.1, 0.15) is 0 Å². The SMILES string of the molecule is CC(C)CN=C(NC(=O)c1ccc(C(F)(F)F)cc1)NC(N)CC(N)c1ccc(O)c(F)c1. The predicted molar refractivity (Wildman–Crippen MR) is 117 cm³/mol. The number of nitrogens with two attached hydrogens (primary N) is 2. The van der Waals surface area contributed by atoms with Crippen molar-refractivity contribution in [2.24, 2.45) is 22.4 Å². The summed E-state index contributed by atoms with van der Waals surface area (Å²) < 4.78 is 51.8. The molecule has 0 radical (unpaired) electrons. The Bertz CT molecular complexity index is 978. The minimum Gasteiger partial charge on any atom is -0.505 e. The highest BCUT2D eigenvalue weighted by Gasteiger charge is 2.30. The van der Waals surface area contributed by atoms with Gasteiger partial charge in [-0.1, -0.05) is 19.9 Å². The second-order valence-electron chi connectivity index (χ2n) is 7.92. The third-order valence-electron chi connectivity index (χ3n) is 4.55. The second-order valence-corrected chi connectivity index (χ2v) is 7.92. The molecule has 0 bridgehead atoms. The minimum absolute atomic E-state index is 0.00638. The standard InChI is InChI=1S/C22H27F4N5O2/c1-12(2)11-29-21(31-20(33)13-3-6-15(7-4-13)22(24,25)26)30-19(28)10-17(27)14-5-8-18(32)16(23)9-14/h3-9,12,17,19,32H,10-11,27-28H2,1-2H3,(H2,29,30,31,33). The summed E-state index contributed by atoms with van der Waals surface area (Å²) in [5.41, 5.74) is 11.7. The van der Waals surface area contributed by atoms with Crippen molar-refractivity contribution in [3.63, 3.8) is 0 Å². The van der Waals surface area contributed by atoms with E-state index >= 15 is 0 Å². The van der Waals surface area contributed by atoms with E-state index < -0.39 is 41.4 Å². The number of nitrogens with one attached hydrogen (secondary N) is 2. The fraction of sp³-hybridized carbons (Fsp3) is 0.364. The average Bonchev–Trinajstić information content (AvgIpc) is 2.73. The molecule has 11 heteroatoms. The number of nitrogens with zero attached hydrogens (tertiary/aromatic N) is 1. The maximum atomic E-state index is 13.6. The normalized spacial score (nSPS) is 14.2. The Morgan fingerprint density at radius 1 is 1.12 bits per heavy atom. The smallest absolute Gasteiger partial charge is 0.416 e. The third kappa shape index (κ3) is 8.03. The topological polar surface area (TPSA) is 126 Å². The van der Waals surface area contributed by atoms with E-state index in [2.05, 4.69) is 15.6 Å². The molecule has 0 spiro atoms. The van der Waals surface area contributed by atoms with E-state index in [-0.39, 0.29) is 23.9 Å². The molecule has 2 unspecified atom stereocenters. The van der Waals surface area contributed by atoms with Crippen LogP contribution >= 0.6 is 0 Å². The molecule has 7 N–H and O–H groups in total. The number of phenols is 1. The van der Waals surface area contributed by atoms with Crippen molar-refractivity contribution in [3.8, 4) is 5.75 Å². The summed E-state index contributed by atoms with van der Waals surface area (Å²) in [4.78, 5) is 16.8. The maximum absolute atomic E-state index is 13.6. The van der Waals surface area contributed by atoms with Gasteiger partial charge in [0.15, 0.2) is 17.5 Å². The molecule has 0 aliphatic carbocycles. The van der Waals surface area contributed by atoms with Crippen LogP contribution in [-0.2, 0) is 6.18 Å². The van der Waals surface area contributed by atoms with Gasteiger partial charge in [0, 0.05) is 18.2 Å². The fourth-order valence-electron chi connectivity index (χ4n) is 2.78. The van der Waals surface area contributed by atoms with E-state index in [9.17, 15) is 27.5 Å². The molecule has 2 atom stereocenters. The van der Waals surface area contributed by atoms with Crippen LogP contribution in [0.15, 0.2) is 47.5 Å². The number of halogens is 4. The number of guanidine groups is 1. The molecule has 0 aliphatic heterocycles. The monoisotopic (exact) mass is 469 g/mol. The maximum Gasteiger partial charge on any atom is 0.416 e. The summed E-state index contributed by atoms with van der Waals surface area (Å²) in [6, 6.07) is 6.83. The van der Waals surface area contributed by atoms with Crippen LogP contribution in [0.3, 0.4) is 0 Å². The van der Waals surface area contributed by atoms with E-state index in [0.717, 1.165) is 30.3 Å². The van der Waals surface area contributed by atoms with Crippen LogP contribution in [0.5, 0.6) is 5.75 Å². The molecular formula is C22H27F4N5O2. The Morgan fingerprint density at radius 2 is 1.76 bits per heavy atom. The first-order valence-corrected chi connectivity index (χ1v) is 10.2. The van der Waals surface area contributed by atoms with Gasteiger partial charge in [-0.25, -0.2) is 4.39 Å². The van der Waals surface area contributed by atoms with Crippen molar-refractivity contribution in [1.82, 2.24) is 10.6 Å². The number of alkyl halides is 3. The number of amides is 1. The van der Waals surface area contributed by atoms with E-state index in [1.54, 1.807) is 0 Å². The lowest BCUT2D eigenvalue weighted by molar-refractivity contribution is -0.137. The molecule has 0 aliphatic rings. The Labute approximate surface area is 188 Å². The van der Waals surface area contributed by atoms with Gasteiger partial charge in [0.05, 0.1) is 11.7 Å². The van der Waals surface area contributed by atoms with E-state index in [1.165, 1.54) is 12.1 Å². The molecule has 2 aromatic rings. The number of phenolic OH excluding ortho intramolecular Hbond substituents is 1. The minimum atomic E-state index is -4.51. The number of carbonyl (C=O) groups excluding carboxylic acids is 1. The summed E-state index contributed by atoms with van der Waals surface area (Å²) in [5.74, 6) is -1.79. The van der Waals surface area contributed by atoms with Gasteiger partial charge in [-0.15, -0.1) is 0 Å². The van der Waals surface area contributed by atoms with Crippen molar-refractivity contribution in [1.29, 1.82) is 0 Å². The largest absolute Gasteiger partial charge is 0.505 e. The molecular weight excluding hydrogens is 442 g/mol. The summed E-state index contributed by atoms with van der Waals surface area (Å²) in [5, 5.41) is 14.6. The van der Waals surface area contributed by atoms with Crippen LogP contribution in [0.25, 0.3) is 0 Å². The zero-order valence-electron chi connectivity index (χ0n) is 18.2. The van der Waals surface area contributed by atoms with Gasteiger partial charge < -0.3 is 21.9 Å². The second kappa shape index (κ2) is 11.1. The van der Waals surface area contributed by atoms with Gasteiger partial charge in [-0.05, 0) is 54.3 Å². The molecule has 0 saturated heterocycles. The number of aliphatic imine (C=N–C) groups is 1. The van der Waals surface area contributed by atoms with Crippen molar-refractivity contribution in [2.75, 3.05) is 6.54 Å². The zero-order chi connectivity index (χ0) is 24.8. The number of hydrogen-bond donors (Lipinski definition) is 5. The molecule has 1 amide bonds. The summed E-state index contributed by atoms with van der Waals surface area (Å²) in [6.07, 6.45) is -5.18. The number of carbonyl (C=O) groups is 1. The third-order valence-corrected chi connectivity index (χ3v) is 4.55. The first-order chi connectivity index (χ1) is 15.4. The summed E-state index contributed by atoms with van der Waals surface area (Å²) >= 11 is 0. The van der Waals surface area contributed by atoms with Crippen molar-refractivity contribution in [2.45, 2.75) is 38.7 Å².